The second kappa shape index (κ2) is 11.2. The minimum absolute atomic E-state index is 0.00894. The van der Waals surface area contributed by atoms with Gasteiger partial charge in [-0.3, -0.25) is 9.48 Å². The van der Waals surface area contributed by atoms with E-state index in [1.54, 1.807) is 29.4 Å². The summed E-state index contributed by atoms with van der Waals surface area (Å²) in [5.74, 6) is 0.645. The molecule has 0 aliphatic carbocycles. The number of nitrogens with one attached hydrogen (secondary N) is 1. The zero-order chi connectivity index (χ0) is 25.6. The first-order chi connectivity index (χ1) is 18.1. The van der Waals surface area contributed by atoms with E-state index in [2.05, 4.69) is 32.5 Å². The van der Waals surface area contributed by atoms with Gasteiger partial charge in [-0.25, -0.2) is 9.97 Å². The van der Waals surface area contributed by atoms with E-state index in [0.717, 1.165) is 49.4 Å². The Balaban J connectivity index is 1.26. The van der Waals surface area contributed by atoms with E-state index in [1.807, 2.05) is 29.1 Å². The molecule has 2 saturated heterocycles. The number of nitrogens with zero attached hydrogens (tertiary/aromatic N) is 7. The molecule has 0 spiro atoms. The summed E-state index contributed by atoms with van der Waals surface area (Å²) in [6.07, 6.45) is 8.37. The fourth-order valence-electron chi connectivity index (χ4n) is 4.96. The molecule has 0 bridgehead atoms. The summed E-state index contributed by atoms with van der Waals surface area (Å²) in [6, 6.07) is 13.6. The minimum Gasteiger partial charge on any atom is -0.381 e. The number of amides is 1. The van der Waals surface area contributed by atoms with Crippen molar-refractivity contribution < 1.29 is 9.53 Å². The summed E-state index contributed by atoms with van der Waals surface area (Å²) in [7, 11) is 0. The number of benzene rings is 1. The van der Waals surface area contributed by atoms with Gasteiger partial charge >= 0.3 is 0 Å². The van der Waals surface area contributed by atoms with Crippen molar-refractivity contribution >= 4 is 17.5 Å². The summed E-state index contributed by atoms with van der Waals surface area (Å²) in [5, 5.41) is 26.2. The highest BCUT2D eigenvalue weighted by Gasteiger charge is 2.27. The molecule has 3 aromatic rings. The van der Waals surface area contributed by atoms with Gasteiger partial charge in [0.15, 0.2) is 0 Å². The van der Waals surface area contributed by atoms with Gasteiger partial charge in [0.05, 0.1) is 42.4 Å². The van der Waals surface area contributed by atoms with Crippen LogP contribution in [0.25, 0.3) is 11.3 Å². The molecular formula is C27H28N8O2. The van der Waals surface area contributed by atoms with Crippen molar-refractivity contribution in [2.45, 2.75) is 31.7 Å². The molecule has 1 amide bonds. The standard InChI is InChI=1S/C27H28N8O2/c28-10-5-25(20-8-13-37-14-9-20)35-18-22(16-31-35)24-6-11-30-27(33-24)32-23-3-1-21(2-4-23)26(36)34-12-7-19(15-29)17-34/h1-4,6,11,16,18-20,25H,5,7-9,12-14,17H2,(H,30,32,33)/t19-,25?/m1/s1. The molecule has 188 valence electrons. The normalized spacial score (nSPS) is 18.6. The molecule has 37 heavy (non-hydrogen) atoms. The maximum Gasteiger partial charge on any atom is 0.253 e. The molecule has 0 radical (unpaired) electrons. The molecule has 2 aliphatic rings. The number of rotatable bonds is 7. The Morgan fingerprint density at radius 3 is 2.70 bits per heavy atom. The predicted octanol–water partition coefficient (Wildman–Crippen LogP) is 3.95. The average Bonchev–Trinajstić information content (AvgIpc) is 3.63. The van der Waals surface area contributed by atoms with Crippen LogP contribution in [0.2, 0.25) is 0 Å². The van der Waals surface area contributed by atoms with Crippen LogP contribution in [0, 0.1) is 34.5 Å². The Morgan fingerprint density at radius 1 is 1.16 bits per heavy atom. The monoisotopic (exact) mass is 496 g/mol. The highest BCUT2D eigenvalue weighted by molar-refractivity contribution is 5.94. The largest absolute Gasteiger partial charge is 0.381 e. The Bertz CT molecular complexity index is 1320. The van der Waals surface area contributed by atoms with Crippen LogP contribution in [-0.2, 0) is 4.74 Å². The quantitative estimate of drug-likeness (QED) is 0.520. The molecule has 1 aromatic carbocycles. The lowest BCUT2D eigenvalue weighted by Gasteiger charge is -2.29. The van der Waals surface area contributed by atoms with Crippen LogP contribution in [0.5, 0.6) is 0 Å². The topological polar surface area (TPSA) is 133 Å². The Kier molecular flexibility index (Phi) is 7.38. The van der Waals surface area contributed by atoms with Gasteiger partial charge in [-0.15, -0.1) is 0 Å². The summed E-state index contributed by atoms with van der Waals surface area (Å²) in [6.45, 7) is 2.53. The fraction of sp³-hybridized carbons (Fsp3) is 0.407. The molecule has 4 heterocycles. The van der Waals surface area contributed by atoms with Crippen molar-refractivity contribution in [3.05, 3.63) is 54.5 Å². The number of ether oxygens (including phenoxy) is 1. The smallest absolute Gasteiger partial charge is 0.253 e. The van der Waals surface area contributed by atoms with Crippen molar-refractivity contribution in [2.24, 2.45) is 11.8 Å². The molecule has 10 heteroatoms. The van der Waals surface area contributed by atoms with E-state index >= 15 is 0 Å². The van der Waals surface area contributed by atoms with Crippen molar-refractivity contribution in [1.82, 2.24) is 24.6 Å². The second-order valence-electron chi connectivity index (χ2n) is 9.42. The number of likely N-dealkylation sites (tertiary alicyclic amines) is 1. The third-order valence-electron chi connectivity index (χ3n) is 7.05. The molecule has 1 N–H and O–H groups in total. The van der Waals surface area contributed by atoms with Crippen LogP contribution >= 0.6 is 0 Å². The third-order valence-corrected chi connectivity index (χ3v) is 7.05. The first-order valence-electron chi connectivity index (χ1n) is 12.5. The van der Waals surface area contributed by atoms with Gasteiger partial charge < -0.3 is 15.0 Å². The van der Waals surface area contributed by atoms with Gasteiger partial charge in [0.1, 0.15) is 0 Å². The van der Waals surface area contributed by atoms with Crippen molar-refractivity contribution in [1.29, 1.82) is 10.5 Å². The summed E-state index contributed by atoms with van der Waals surface area (Å²) in [5.41, 5.74) is 2.92. The van der Waals surface area contributed by atoms with E-state index in [4.69, 9.17) is 10.00 Å². The Labute approximate surface area is 215 Å². The third kappa shape index (κ3) is 5.60. The van der Waals surface area contributed by atoms with Crippen molar-refractivity contribution in [2.75, 3.05) is 31.6 Å². The average molecular weight is 497 g/mol. The lowest BCUT2D eigenvalue weighted by atomic mass is 9.90. The van der Waals surface area contributed by atoms with E-state index in [0.29, 0.717) is 36.9 Å². The summed E-state index contributed by atoms with van der Waals surface area (Å²) < 4.78 is 7.37. The molecule has 2 fully saturated rings. The van der Waals surface area contributed by atoms with Crippen LogP contribution in [0.3, 0.4) is 0 Å². The van der Waals surface area contributed by atoms with E-state index in [9.17, 15) is 10.1 Å². The lowest BCUT2D eigenvalue weighted by molar-refractivity contribution is 0.0473. The molecule has 10 nitrogen and oxygen atoms in total. The van der Waals surface area contributed by atoms with E-state index in [-0.39, 0.29) is 17.9 Å². The molecule has 2 aromatic heterocycles. The van der Waals surface area contributed by atoms with Gasteiger partial charge in [-0.2, -0.15) is 15.6 Å². The van der Waals surface area contributed by atoms with Crippen LogP contribution in [-0.4, -0.2) is 56.9 Å². The van der Waals surface area contributed by atoms with Crippen molar-refractivity contribution in [3.8, 4) is 23.4 Å². The Hall–Kier alpha value is -4.28. The molecule has 2 aliphatic heterocycles. The zero-order valence-electron chi connectivity index (χ0n) is 20.5. The zero-order valence-corrected chi connectivity index (χ0v) is 20.5. The van der Waals surface area contributed by atoms with Gasteiger partial charge in [-0.1, -0.05) is 0 Å². The Morgan fingerprint density at radius 2 is 1.97 bits per heavy atom. The number of anilines is 2. The van der Waals surface area contributed by atoms with Crippen molar-refractivity contribution in [3.63, 3.8) is 0 Å². The maximum atomic E-state index is 12.7. The predicted molar refractivity (Wildman–Crippen MR) is 135 cm³/mol. The molecular weight excluding hydrogens is 468 g/mol. The minimum atomic E-state index is -0.0829. The number of hydrogen-bond acceptors (Lipinski definition) is 8. The van der Waals surface area contributed by atoms with E-state index < -0.39 is 0 Å². The van der Waals surface area contributed by atoms with Gasteiger partial charge in [0, 0.05) is 55.5 Å². The van der Waals surface area contributed by atoms with Gasteiger partial charge in [-0.05, 0) is 55.5 Å². The first-order valence-corrected chi connectivity index (χ1v) is 12.5. The fourth-order valence-corrected chi connectivity index (χ4v) is 4.96. The van der Waals surface area contributed by atoms with Crippen LogP contribution in [0.15, 0.2) is 48.9 Å². The van der Waals surface area contributed by atoms with Crippen LogP contribution in [0.4, 0.5) is 11.6 Å². The van der Waals surface area contributed by atoms with Crippen LogP contribution in [0.1, 0.15) is 42.1 Å². The van der Waals surface area contributed by atoms with Gasteiger partial charge in [0.2, 0.25) is 5.95 Å². The SMILES string of the molecule is N#CCC(C1CCOCC1)n1cc(-c2ccnc(Nc3ccc(C(=O)N4CC[C@H](C#N)C4)cc3)n2)cn1. The number of aromatic nitrogens is 4. The molecule has 5 rings (SSSR count). The lowest BCUT2D eigenvalue weighted by Crippen LogP contribution is -2.28. The maximum absolute atomic E-state index is 12.7. The second-order valence-corrected chi connectivity index (χ2v) is 9.42. The number of carbonyl (C=O) groups is 1. The van der Waals surface area contributed by atoms with Gasteiger partial charge in [0.25, 0.3) is 5.91 Å². The number of nitriles is 2. The van der Waals surface area contributed by atoms with Crippen LogP contribution < -0.4 is 5.32 Å². The summed E-state index contributed by atoms with van der Waals surface area (Å²) in [4.78, 5) is 23.4. The van der Waals surface area contributed by atoms with E-state index in [1.165, 1.54) is 0 Å². The highest BCUT2D eigenvalue weighted by Crippen LogP contribution is 2.31. The molecule has 0 saturated carbocycles. The molecule has 2 atom stereocenters. The first kappa shape index (κ1) is 24.4. The molecule has 1 unspecified atom stereocenters. The summed E-state index contributed by atoms with van der Waals surface area (Å²) >= 11 is 0. The highest BCUT2D eigenvalue weighted by atomic mass is 16.5. The number of carbonyl (C=O) groups excluding carboxylic acids is 1. The number of hydrogen-bond donors (Lipinski definition) is 1.